The van der Waals surface area contributed by atoms with E-state index in [-0.39, 0.29) is 19.0 Å². The highest BCUT2D eigenvalue weighted by molar-refractivity contribution is 9.10. The Morgan fingerprint density at radius 3 is 2.73 bits per heavy atom. The van der Waals surface area contributed by atoms with Crippen molar-refractivity contribution < 1.29 is 18.7 Å². The summed E-state index contributed by atoms with van der Waals surface area (Å²) in [6.07, 6.45) is 2.28. The molecule has 1 heterocycles. The van der Waals surface area contributed by atoms with E-state index in [2.05, 4.69) is 20.9 Å². The van der Waals surface area contributed by atoms with E-state index < -0.39 is 0 Å². The summed E-state index contributed by atoms with van der Waals surface area (Å²) in [5.41, 5.74) is 0.957. The van der Waals surface area contributed by atoms with Gasteiger partial charge in [-0.25, -0.2) is 4.98 Å². The summed E-state index contributed by atoms with van der Waals surface area (Å²) in [5.74, 6) is 1.63. The van der Waals surface area contributed by atoms with Crippen LogP contribution in [0.3, 0.4) is 0 Å². The molecule has 0 fully saturated rings. The van der Waals surface area contributed by atoms with E-state index in [0.717, 1.165) is 15.8 Å². The first-order chi connectivity index (χ1) is 12.7. The van der Waals surface area contributed by atoms with Crippen LogP contribution in [-0.4, -0.2) is 24.2 Å². The van der Waals surface area contributed by atoms with Gasteiger partial charge < -0.3 is 13.9 Å². The molecule has 0 aliphatic heterocycles. The summed E-state index contributed by atoms with van der Waals surface area (Å²) < 4.78 is 17.3. The molecule has 26 heavy (non-hydrogen) atoms. The fourth-order valence-corrected chi connectivity index (χ4v) is 2.69. The van der Waals surface area contributed by atoms with Crippen LogP contribution in [0, 0.1) is 0 Å². The van der Waals surface area contributed by atoms with E-state index in [1.54, 1.807) is 6.20 Å². The van der Waals surface area contributed by atoms with Crippen molar-refractivity contribution in [2.75, 3.05) is 13.2 Å². The molecule has 5 nitrogen and oxygen atoms in total. The Bertz CT molecular complexity index is 848. The number of oxazole rings is 1. The van der Waals surface area contributed by atoms with Gasteiger partial charge in [0.25, 0.3) is 0 Å². The Balaban J connectivity index is 1.37. The van der Waals surface area contributed by atoms with Crippen molar-refractivity contribution in [3.63, 3.8) is 0 Å². The molecule has 6 heteroatoms. The SMILES string of the molecule is O=C(CCc1ncc(-c2ccccc2)o1)OCCOc1cccc(Br)c1. The van der Waals surface area contributed by atoms with Gasteiger partial charge in [-0.15, -0.1) is 0 Å². The number of halogens is 1. The molecule has 0 amide bonds. The molecule has 0 aliphatic rings. The number of nitrogens with zero attached hydrogens (tertiary/aromatic N) is 1. The van der Waals surface area contributed by atoms with Crippen molar-refractivity contribution in [3.8, 4) is 17.1 Å². The number of hydrogen-bond acceptors (Lipinski definition) is 5. The van der Waals surface area contributed by atoms with Gasteiger partial charge in [-0.1, -0.05) is 52.3 Å². The van der Waals surface area contributed by atoms with E-state index in [0.29, 0.717) is 24.7 Å². The molecular weight excluding hydrogens is 398 g/mol. The average Bonchev–Trinajstić information content (AvgIpc) is 3.13. The van der Waals surface area contributed by atoms with E-state index in [1.807, 2.05) is 54.6 Å². The minimum absolute atomic E-state index is 0.201. The largest absolute Gasteiger partial charge is 0.490 e. The maximum atomic E-state index is 11.8. The fraction of sp³-hybridized carbons (Fsp3) is 0.200. The van der Waals surface area contributed by atoms with Gasteiger partial charge in [-0.3, -0.25) is 4.79 Å². The zero-order valence-electron chi connectivity index (χ0n) is 14.1. The Hall–Kier alpha value is -2.60. The second-order valence-electron chi connectivity index (χ2n) is 5.51. The van der Waals surface area contributed by atoms with Gasteiger partial charge in [0.05, 0.1) is 12.6 Å². The maximum Gasteiger partial charge on any atom is 0.306 e. The summed E-state index contributed by atoms with van der Waals surface area (Å²) in [5, 5.41) is 0. The minimum Gasteiger partial charge on any atom is -0.490 e. The molecular formula is C20H18BrNO4. The molecule has 0 saturated heterocycles. The highest BCUT2D eigenvalue weighted by atomic mass is 79.9. The first-order valence-corrected chi connectivity index (χ1v) is 9.04. The molecule has 0 atom stereocenters. The standard InChI is InChI=1S/C20H18BrNO4/c21-16-7-4-8-17(13-16)24-11-12-25-20(23)10-9-19-22-14-18(26-19)15-5-2-1-3-6-15/h1-8,13-14H,9-12H2. The van der Waals surface area contributed by atoms with Gasteiger partial charge in [-0.2, -0.15) is 0 Å². The van der Waals surface area contributed by atoms with E-state index in [1.165, 1.54) is 0 Å². The van der Waals surface area contributed by atoms with Crippen LogP contribution >= 0.6 is 15.9 Å². The third kappa shape index (κ3) is 5.46. The van der Waals surface area contributed by atoms with E-state index >= 15 is 0 Å². The van der Waals surface area contributed by atoms with Crippen LogP contribution < -0.4 is 4.74 Å². The number of ether oxygens (including phenoxy) is 2. The zero-order valence-corrected chi connectivity index (χ0v) is 15.6. The predicted molar refractivity (Wildman–Crippen MR) is 101 cm³/mol. The number of benzene rings is 2. The van der Waals surface area contributed by atoms with Crippen LogP contribution in [-0.2, 0) is 16.0 Å². The molecule has 3 aromatic rings. The van der Waals surface area contributed by atoms with Gasteiger partial charge in [-0.05, 0) is 18.2 Å². The summed E-state index contributed by atoms with van der Waals surface area (Å²) >= 11 is 3.37. The van der Waals surface area contributed by atoms with Crippen LogP contribution in [0.2, 0.25) is 0 Å². The minimum atomic E-state index is -0.303. The normalized spacial score (nSPS) is 10.5. The number of rotatable bonds is 8. The van der Waals surface area contributed by atoms with E-state index in [9.17, 15) is 4.79 Å². The summed E-state index contributed by atoms with van der Waals surface area (Å²) in [4.78, 5) is 16.0. The van der Waals surface area contributed by atoms with Crippen LogP contribution in [0.5, 0.6) is 5.75 Å². The van der Waals surface area contributed by atoms with Gasteiger partial charge in [0, 0.05) is 16.5 Å². The topological polar surface area (TPSA) is 61.6 Å². The van der Waals surface area contributed by atoms with Crippen molar-refractivity contribution >= 4 is 21.9 Å². The number of carbonyl (C=O) groups excluding carboxylic acids is 1. The maximum absolute atomic E-state index is 11.8. The van der Waals surface area contributed by atoms with Crippen molar-refractivity contribution in [2.45, 2.75) is 12.8 Å². The Labute approximate surface area is 160 Å². The number of carbonyl (C=O) groups is 1. The van der Waals surface area contributed by atoms with Gasteiger partial charge in [0.2, 0.25) is 0 Å². The Morgan fingerprint density at radius 2 is 1.92 bits per heavy atom. The molecule has 2 aromatic carbocycles. The molecule has 0 unspecified atom stereocenters. The van der Waals surface area contributed by atoms with Crippen molar-refractivity contribution in [3.05, 3.63) is 71.2 Å². The lowest BCUT2D eigenvalue weighted by molar-refractivity contribution is -0.144. The number of aryl methyl sites for hydroxylation is 1. The average molecular weight is 416 g/mol. The predicted octanol–water partition coefficient (Wildman–Crippen LogP) is 4.66. The molecule has 0 bridgehead atoms. The first kappa shape index (κ1) is 18.2. The van der Waals surface area contributed by atoms with Crippen LogP contribution in [0.15, 0.2) is 69.7 Å². The van der Waals surface area contributed by atoms with Crippen LogP contribution in [0.25, 0.3) is 11.3 Å². The lowest BCUT2D eigenvalue weighted by Gasteiger charge is -2.07. The van der Waals surface area contributed by atoms with Crippen LogP contribution in [0.4, 0.5) is 0 Å². The lowest BCUT2D eigenvalue weighted by atomic mass is 10.2. The fourth-order valence-electron chi connectivity index (χ4n) is 2.31. The molecule has 0 aliphatic carbocycles. The Kier molecular flexibility index (Phi) is 6.44. The molecule has 1 aromatic heterocycles. The number of esters is 1. The van der Waals surface area contributed by atoms with Gasteiger partial charge in [0.1, 0.15) is 19.0 Å². The van der Waals surface area contributed by atoms with Gasteiger partial charge in [0.15, 0.2) is 11.7 Å². The van der Waals surface area contributed by atoms with Crippen molar-refractivity contribution in [1.82, 2.24) is 4.98 Å². The summed E-state index contributed by atoms with van der Waals surface area (Å²) in [7, 11) is 0. The third-order valence-electron chi connectivity index (χ3n) is 3.57. The quantitative estimate of drug-likeness (QED) is 0.395. The van der Waals surface area contributed by atoms with Crippen LogP contribution in [0.1, 0.15) is 12.3 Å². The second-order valence-corrected chi connectivity index (χ2v) is 6.43. The molecule has 0 spiro atoms. The smallest absolute Gasteiger partial charge is 0.306 e. The Morgan fingerprint density at radius 1 is 1.08 bits per heavy atom. The molecule has 0 saturated carbocycles. The third-order valence-corrected chi connectivity index (χ3v) is 4.06. The highest BCUT2D eigenvalue weighted by Crippen LogP contribution is 2.20. The van der Waals surface area contributed by atoms with Crippen molar-refractivity contribution in [1.29, 1.82) is 0 Å². The number of aromatic nitrogens is 1. The number of hydrogen-bond donors (Lipinski definition) is 0. The second kappa shape index (κ2) is 9.20. The molecule has 0 radical (unpaired) electrons. The monoisotopic (exact) mass is 415 g/mol. The summed E-state index contributed by atoms with van der Waals surface area (Å²) in [6, 6.07) is 17.2. The molecule has 3 rings (SSSR count). The lowest BCUT2D eigenvalue weighted by Crippen LogP contribution is -2.12. The molecule has 134 valence electrons. The summed E-state index contributed by atoms with van der Waals surface area (Å²) in [6.45, 7) is 0.506. The van der Waals surface area contributed by atoms with Gasteiger partial charge >= 0.3 is 5.97 Å². The zero-order chi connectivity index (χ0) is 18.2. The first-order valence-electron chi connectivity index (χ1n) is 8.25. The molecule has 0 N–H and O–H groups in total. The highest BCUT2D eigenvalue weighted by Gasteiger charge is 2.09. The van der Waals surface area contributed by atoms with E-state index in [4.69, 9.17) is 13.9 Å². The van der Waals surface area contributed by atoms with Crippen molar-refractivity contribution in [2.24, 2.45) is 0 Å².